The van der Waals surface area contributed by atoms with Gasteiger partial charge < -0.3 is 24.6 Å². The first-order valence-corrected chi connectivity index (χ1v) is 9.35. The highest BCUT2D eigenvalue weighted by Crippen LogP contribution is 2.27. The Labute approximate surface area is 165 Å². The lowest BCUT2D eigenvalue weighted by Gasteiger charge is -2.28. The van der Waals surface area contributed by atoms with Crippen LogP contribution in [0.5, 0.6) is 11.5 Å². The number of nitrogens with one attached hydrogen (secondary N) is 1. The first kappa shape index (κ1) is 19.7. The SMILES string of the molecule is COc1cc(OC)cc(C(=O)Nc2cnc(N3CCCCC3)nc2N(C)C)c1. The Morgan fingerprint density at radius 2 is 1.71 bits per heavy atom. The summed E-state index contributed by atoms with van der Waals surface area (Å²) in [6.45, 7) is 1.92. The van der Waals surface area contributed by atoms with Gasteiger partial charge in [-0.15, -0.1) is 0 Å². The van der Waals surface area contributed by atoms with Gasteiger partial charge in [0.1, 0.15) is 17.2 Å². The van der Waals surface area contributed by atoms with Crippen molar-refractivity contribution in [3.05, 3.63) is 30.0 Å². The number of aromatic nitrogens is 2. The monoisotopic (exact) mass is 385 g/mol. The van der Waals surface area contributed by atoms with Gasteiger partial charge in [-0.25, -0.2) is 4.98 Å². The number of ether oxygens (including phenoxy) is 2. The van der Waals surface area contributed by atoms with Crippen molar-refractivity contribution in [2.24, 2.45) is 0 Å². The minimum Gasteiger partial charge on any atom is -0.497 e. The zero-order valence-electron chi connectivity index (χ0n) is 16.9. The van der Waals surface area contributed by atoms with Crippen LogP contribution in [-0.4, -0.2) is 57.3 Å². The third-order valence-corrected chi connectivity index (χ3v) is 4.68. The maximum absolute atomic E-state index is 12.8. The molecule has 3 rings (SSSR count). The first-order valence-electron chi connectivity index (χ1n) is 9.35. The van der Waals surface area contributed by atoms with Gasteiger partial charge in [-0.2, -0.15) is 4.98 Å². The number of carbonyl (C=O) groups excluding carboxylic acids is 1. The number of hydrogen-bond acceptors (Lipinski definition) is 7. The molecule has 8 heteroatoms. The summed E-state index contributed by atoms with van der Waals surface area (Å²) in [6.07, 6.45) is 5.21. The van der Waals surface area contributed by atoms with Crippen molar-refractivity contribution in [3.63, 3.8) is 0 Å². The second-order valence-electron chi connectivity index (χ2n) is 6.90. The number of piperidine rings is 1. The van der Waals surface area contributed by atoms with Crippen LogP contribution in [0.25, 0.3) is 0 Å². The molecule has 2 heterocycles. The molecular weight excluding hydrogens is 358 g/mol. The molecular formula is C20H27N5O3. The van der Waals surface area contributed by atoms with Gasteiger partial charge in [0.2, 0.25) is 5.95 Å². The molecule has 1 amide bonds. The molecule has 0 radical (unpaired) electrons. The molecule has 0 saturated carbocycles. The number of methoxy groups -OCH3 is 2. The van der Waals surface area contributed by atoms with Crippen LogP contribution in [0.4, 0.5) is 17.5 Å². The summed E-state index contributed by atoms with van der Waals surface area (Å²) in [4.78, 5) is 26.0. The summed E-state index contributed by atoms with van der Waals surface area (Å²) in [5.41, 5.74) is 0.985. The standard InChI is InChI=1S/C20H27N5O3/c1-24(2)18-17(13-21-20(23-18)25-8-6-5-7-9-25)22-19(26)14-10-15(27-3)12-16(11-14)28-4/h10-13H,5-9H2,1-4H3,(H,22,26). The maximum atomic E-state index is 12.8. The second-order valence-corrected chi connectivity index (χ2v) is 6.90. The molecule has 1 saturated heterocycles. The number of carbonyl (C=O) groups is 1. The number of anilines is 3. The van der Waals surface area contributed by atoms with Crippen molar-refractivity contribution >= 4 is 23.4 Å². The predicted octanol–water partition coefficient (Wildman–Crippen LogP) is 2.80. The minimum atomic E-state index is -0.283. The van der Waals surface area contributed by atoms with Crippen LogP contribution in [0.1, 0.15) is 29.6 Å². The van der Waals surface area contributed by atoms with Gasteiger partial charge in [0.05, 0.1) is 20.4 Å². The summed E-state index contributed by atoms with van der Waals surface area (Å²) < 4.78 is 10.5. The number of hydrogen-bond donors (Lipinski definition) is 1. The highest BCUT2D eigenvalue weighted by Gasteiger charge is 2.18. The van der Waals surface area contributed by atoms with E-state index in [0.717, 1.165) is 25.9 Å². The van der Waals surface area contributed by atoms with E-state index < -0.39 is 0 Å². The molecule has 0 atom stereocenters. The average molecular weight is 385 g/mol. The van der Waals surface area contributed by atoms with E-state index in [1.807, 2.05) is 19.0 Å². The first-order chi connectivity index (χ1) is 13.5. The lowest BCUT2D eigenvalue weighted by Crippen LogP contribution is -2.31. The van der Waals surface area contributed by atoms with Crippen LogP contribution in [0.15, 0.2) is 24.4 Å². The van der Waals surface area contributed by atoms with Crippen molar-refractivity contribution in [1.82, 2.24) is 9.97 Å². The third kappa shape index (κ3) is 4.44. The van der Waals surface area contributed by atoms with E-state index in [1.54, 1.807) is 38.6 Å². The van der Waals surface area contributed by atoms with E-state index in [4.69, 9.17) is 9.47 Å². The quantitative estimate of drug-likeness (QED) is 0.819. The summed E-state index contributed by atoms with van der Waals surface area (Å²) in [5, 5.41) is 2.91. The largest absolute Gasteiger partial charge is 0.497 e. The fraction of sp³-hybridized carbons (Fsp3) is 0.450. The summed E-state index contributed by atoms with van der Waals surface area (Å²) >= 11 is 0. The van der Waals surface area contributed by atoms with E-state index in [9.17, 15) is 4.79 Å². The third-order valence-electron chi connectivity index (χ3n) is 4.68. The van der Waals surface area contributed by atoms with E-state index in [1.165, 1.54) is 6.42 Å². The van der Waals surface area contributed by atoms with Gasteiger partial charge in [0.15, 0.2) is 5.82 Å². The normalized spacial score (nSPS) is 13.8. The van der Waals surface area contributed by atoms with E-state index in [-0.39, 0.29) is 5.91 Å². The Kier molecular flexibility index (Phi) is 6.18. The van der Waals surface area contributed by atoms with Crippen LogP contribution >= 0.6 is 0 Å². The molecule has 1 aromatic carbocycles. The summed E-state index contributed by atoms with van der Waals surface area (Å²) in [5.74, 6) is 2.18. The van der Waals surface area contributed by atoms with Crippen LogP contribution in [0.2, 0.25) is 0 Å². The Morgan fingerprint density at radius 1 is 1.07 bits per heavy atom. The molecule has 1 aromatic heterocycles. The fourth-order valence-corrected chi connectivity index (χ4v) is 3.17. The maximum Gasteiger partial charge on any atom is 0.256 e. The van der Waals surface area contributed by atoms with E-state index in [0.29, 0.717) is 34.5 Å². The molecule has 0 bridgehead atoms. The minimum absolute atomic E-state index is 0.283. The zero-order chi connectivity index (χ0) is 20.1. The summed E-state index contributed by atoms with van der Waals surface area (Å²) in [6, 6.07) is 5.05. The average Bonchev–Trinajstić information content (AvgIpc) is 2.73. The molecule has 1 fully saturated rings. The number of amides is 1. The molecule has 0 spiro atoms. The van der Waals surface area contributed by atoms with Gasteiger partial charge in [-0.3, -0.25) is 4.79 Å². The molecule has 8 nitrogen and oxygen atoms in total. The molecule has 2 aromatic rings. The Hall–Kier alpha value is -3.03. The fourth-order valence-electron chi connectivity index (χ4n) is 3.17. The van der Waals surface area contributed by atoms with E-state index in [2.05, 4.69) is 20.2 Å². The number of nitrogens with zero attached hydrogens (tertiary/aromatic N) is 4. The smallest absolute Gasteiger partial charge is 0.256 e. The Balaban J connectivity index is 1.85. The van der Waals surface area contributed by atoms with Crippen LogP contribution in [0, 0.1) is 0 Å². The summed E-state index contributed by atoms with van der Waals surface area (Å²) in [7, 11) is 6.89. The Morgan fingerprint density at radius 3 is 2.29 bits per heavy atom. The van der Waals surface area contributed by atoms with Crippen LogP contribution in [-0.2, 0) is 0 Å². The highest BCUT2D eigenvalue weighted by molar-refractivity contribution is 6.06. The predicted molar refractivity (Wildman–Crippen MR) is 110 cm³/mol. The van der Waals surface area contributed by atoms with Gasteiger partial charge >= 0.3 is 0 Å². The second kappa shape index (κ2) is 8.77. The molecule has 1 N–H and O–H groups in total. The highest BCUT2D eigenvalue weighted by atomic mass is 16.5. The van der Waals surface area contributed by atoms with Crippen molar-refractivity contribution < 1.29 is 14.3 Å². The van der Waals surface area contributed by atoms with Crippen molar-refractivity contribution in [2.45, 2.75) is 19.3 Å². The molecule has 1 aliphatic rings. The van der Waals surface area contributed by atoms with Crippen molar-refractivity contribution in [3.8, 4) is 11.5 Å². The van der Waals surface area contributed by atoms with E-state index >= 15 is 0 Å². The molecule has 150 valence electrons. The molecule has 0 unspecified atom stereocenters. The zero-order valence-corrected chi connectivity index (χ0v) is 16.9. The number of rotatable bonds is 6. The van der Waals surface area contributed by atoms with Gasteiger partial charge in [0, 0.05) is 38.8 Å². The number of benzene rings is 1. The molecule has 28 heavy (non-hydrogen) atoms. The Bertz CT molecular complexity index is 812. The van der Waals surface area contributed by atoms with Gasteiger partial charge in [0.25, 0.3) is 5.91 Å². The molecule has 0 aliphatic carbocycles. The van der Waals surface area contributed by atoms with Gasteiger partial charge in [-0.05, 0) is 31.4 Å². The van der Waals surface area contributed by atoms with Crippen LogP contribution in [0.3, 0.4) is 0 Å². The van der Waals surface area contributed by atoms with Gasteiger partial charge in [-0.1, -0.05) is 0 Å². The van der Waals surface area contributed by atoms with Crippen molar-refractivity contribution in [2.75, 3.05) is 56.5 Å². The lowest BCUT2D eigenvalue weighted by atomic mass is 10.1. The topological polar surface area (TPSA) is 79.8 Å². The lowest BCUT2D eigenvalue weighted by molar-refractivity contribution is 0.102. The molecule has 1 aliphatic heterocycles. The van der Waals surface area contributed by atoms with Crippen molar-refractivity contribution in [1.29, 1.82) is 0 Å². The van der Waals surface area contributed by atoms with Crippen LogP contribution < -0.4 is 24.6 Å².